The van der Waals surface area contributed by atoms with Crippen molar-refractivity contribution in [1.82, 2.24) is 4.57 Å². The fraction of sp³-hybridized carbons (Fsp3) is 0.226. The molecule has 5 heteroatoms. The van der Waals surface area contributed by atoms with E-state index in [9.17, 15) is 9.59 Å². The first kappa shape index (κ1) is 25.0. The minimum absolute atomic E-state index is 0.105. The second-order valence-corrected chi connectivity index (χ2v) is 9.21. The first-order valence-electron chi connectivity index (χ1n) is 12.2. The molecule has 0 saturated heterocycles. The zero-order valence-electron chi connectivity index (χ0n) is 20.7. The number of hydrogen-bond acceptors (Lipinski definition) is 3. The van der Waals surface area contributed by atoms with E-state index in [0.717, 1.165) is 34.2 Å². The Hall–Kier alpha value is -4.12. The van der Waals surface area contributed by atoms with Gasteiger partial charge in [-0.3, -0.25) is 14.2 Å². The Morgan fingerprint density at radius 1 is 0.944 bits per heavy atom. The monoisotopic (exact) mass is 481 g/mol. The summed E-state index contributed by atoms with van der Waals surface area (Å²) in [4.78, 5) is 24.4. The average molecular weight is 482 g/mol. The number of aryl methyl sites for hydroxylation is 1. The Bertz CT molecular complexity index is 1390. The molecule has 1 heterocycles. The van der Waals surface area contributed by atoms with Crippen molar-refractivity contribution in [2.45, 2.75) is 46.1 Å². The molecule has 0 aliphatic heterocycles. The van der Waals surface area contributed by atoms with Crippen molar-refractivity contribution in [2.24, 2.45) is 0 Å². The number of rotatable bonds is 10. The van der Waals surface area contributed by atoms with E-state index in [0.29, 0.717) is 25.0 Å². The standard InChI is InChI=1S/C31H31NO4/c1-22(2)13-14-23-15-17-27(18-16-23)36-21-24-7-5-8-25(19-24)31(35)32-20-26(9-6-12-30(33)34)28-10-3-4-11-29(28)32/h3-5,7-8,10-11,13,15-20H,6,9,12,14,21H2,1-2H3,(H,33,34). The van der Waals surface area contributed by atoms with Gasteiger partial charge in [-0.05, 0) is 80.1 Å². The number of hydrogen-bond donors (Lipinski definition) is 1. The highest BCUT2D eigenvalue weighted by atomic mass is 16.5. The number of carbonyl (C=O) groups is 2. The van der Waals surface area contributed by atoms with Gasteiger partial charge in [0.2, 0.25) is 0 Å². The lowest BCUT2D eigenvalue weighted by atomic mass is 10.1. The zero-order valence-corrected chi connectivity index (χ0v) is 20.7. The highest BCUT2D eigenvalue weighted by Crippen LogP contribution is 2.24. The molecule has 0 atom stereocenters. The van der Waals surface area contributed by atoms with E-state index in [4.69, 9.17) is 9.84 Å². The molecule has 36 heavy (non-hydrogen) atoms. The summed E-state index contributed by atoms with van der Waals surface area (Å²) in [5.41, 5.74) is 5.82. The third-order valence-electron chi connectivity index (χ3n) is 6.10. The molecule has 3 aromatic carbocycles. The molecule has 1 N–H and O–H groups in total. The molecule has 4 aromatic rings. The van der Waals surface area contributed by atoms with Crippen molar-refractivity contribution in [2.75, 3.05) is 0 Å². The van der Waals surface area contributed by atoms with E-state index in [1.54, 1.807) is 4.57 Å². The van der Waals surface area contributed by atoms with Crippen molar-refractivity contribution in [3.63, 3.8) is 0 Å². The number of carboxylic acid groups (broad SMARTS) is 1. The van der Waals surface area contributed by atoms with E-state index >= 15 is 0 Å². The molecule has 0 spiro atoms. The van der Waals surface area contributed by atoms with E-state index in [2.05, 4.69) is 32.1 Å². The molecule has 0 saturated carbocycles. The molecular formula is C31H31NO4. The van der Waals surface area contributed by atoms with Gasteiger partial charge in [0.15, 0.2) is 0 Å². The van der Waals surface area contributed by atoms with E-state index in [-0.39, 0.29) is 12.3 Å². The number of allylic oxidation sites excluding steroid dienone is 2. The molecule has 0 amide bonds. The first-order chi connectivity index (χ1) is 17.4. The Balaban J connectivity index is 1.47. The molecule has 5 nitrogen and oxygen atoms in total. The van der Waals surface area contributed by atoms with Gasteiger partial charge in [-0.1, -0.05) is 54.1 Å². The Labute approximate surface area is 211 Å². The van der Waals surface area contributed by atoms with Crippen LogP contribution in [0.25, 0.3) is 10.9 Å². The fourth-order valence-corrected chi connectivity index (χ4v) is 4.19. The van der Waals surface area contributed by atoms with Gasteiger partial charge in [0.1, 0.15) is 12.4 Å². The highest BCUT2D eigenvalue weighted by molar-refractivity contribution is 6.03. The SMILES string of the molecule is CC(C)=CCc1ccc(OCc2cccc(C(=O)n3cc(CCCC(=O)O)c4ccccc43)c2)cc1. The highest BCUT2D eigenvalue weighted by Gasteiger charge is 2.16. The van der Waals surface area contributed by atoms with Gasteiger partial charge in [-0.2, -0.15) is 0 Å². The number of aromatic nitrogens is 1. The number of carboxylic acids is 1. The summed E-state index contributed by atoms with van der Waals surface area (Å²) < 4.78 is 7.63. The van der Waals surface area contributed by atoms with Crippen LogP contribution in [0.2, 0.25) is 0 Å². The van der Waals surface area contributed by atoms with Crippen LogP contribution >= 0.6 is 0 Å². The minimum atomic E-state index is -0.812. The second kappa shape index (κ2) is 11.5. The normalized spacial score (nSPS) is 10.8. The van der Waals surface area contributed by atoms with Gasteiger partial charge in [0.05, 0.1) is 5.52 Å². The van der Waals surface area contributed by atoms with Crippen molar-refractivity contribution in [1.29, 1.82) is 0 Å². The molecule has 0 bridgehead atoms. The van der Waals surface area contributed by atoms with Crippen molar-refractivity contribution in [3.05, 3.63) is 113 Å². The summed E-state index contributed by atoms with van der Waals surface area (Å²) >= 11 is 0. The molecule has 0 unspecified atom stereocenters. The maximum atomic E-state index is 13.5. The van der Waals surface area contributed by atoms with Crippen LogP contribution in [-0.2, 0) is 24.2 Å². The topological polar surface area (TPSA) is 68.5 Å². The summed E-state index contributed by atoms with van der Waals surface area (Å²) in [6, 6.07) is 23.3. The summed E-state index contributed by atoms with van der Waals surface area (Å²) in [5.74, 6) is -0.148. The van der Waals surface area contributed by atoms with Crippen LogP contribution in [0.3, 0.4) is 0 Å². The summed E-state index contributed by atoms with van der Waals surface area (Å²) in [7, 11) is 0. The lowest BCUT2D eigenvalue weighted by molar-refractivity contribution is -0.137. The maximum Gasteiger partial charge on any atom is 0.303 e. The molecule has 0 aliphatic carbocycles. The third kappa shape index (κ3) is 6.30. The maximum absolute atomic E-state index is 13.5. The Morgan fingerprint density at radius 2 is 1.72 bits per heavy atom. The minimum Gasteiger partial charge on any atom is -0.489 e. The number of nitrogens with zero attached hydrogens (tertiary/aromatic N) is 1. The van der Waals surface area contributed by atoms with Crippen molar-refractivity contribution in [3.8, 4) is 5.75 Å². The number of benzene rings is 3. The smallest absolute Gasteiger partial charge is 0.303 e. The molecule has 1 aromatic heterocycles. The Morgan fingerprint density at radius 3 is 2.47 bits per heavy atom. The molecule has 0 radical (unpaired) electrons. The third-order valence-corrected chi connectivity index (χ3v) is 6.10. The first-order valence-corrected chi connectivity index (χ1v) is 12.2. The number of carbonyl (C=O) groups excluding carboxylic acids is 1. The van der Waals surface area contributed by atoms with Crippen LogP contribution < -0.4 is 4.74 Å². The summed E-state index contributed by atoms with van der Waals surface area (Å²) in [6.45, 7) is 4.55. The predicted octanol–water partition coefficient (Wildman–Crippen LogP) is 6.82. The Kier molecular flexibility index (Phi) is 8.01. The molecule has 0 aliphatic rings. The zero-order chi connectivity index (χ0) is 25.5. The van der Waals surface area contributed by atoms with Crippen LogP contribution in [0.15, 0.2) is 90.6 Å². The van der Waals surface area contributed by atoms with Crippen molar-refractivity contribution < 1.29 is 19.4 Å². The van der Waals surface area contributed by atoms with Crippen LogP contribution in [0, 0.1) is 0 Å². The lowest BCUT2D eigenvalue weighted by Crippen LogP contribution is -2.11. The van der Waals surface area contributed by atoms with E-state index in [1.807, 2.05) is 66.9 Å². The van der Waals surface area contributed by atoms with Crippen LogP contribution in [0.1, 0.15) is 53.7 Å². The summed E-state index contributed by atoms with van der Waals surface area (Å²) in [6.07, 6.45) is 6.18. The predicted molar refractivity (Wildman–Crippen MR) is 143 cm³/mol. The van der Waals surface area contributed by atoms with Gasteiger partial charge in [0.25, 0.3) is 5.91 Å². The van der Waals surface area contributed by atoms with Gasteiger partial charge < -0.3 is 9.84 Å². The van der Waals surface area contributed by atoms with Crippen molar-refractivity contribution >= 4 is 22.8 Å². The number of aliphatic carboxylic acids is 1. The van der Waals surface area contributed by atoms with Gasteiger partial charge in [-0.15, -0.1) is 0 Å². The lowest BCUT2D eigenvalue weighted by Gasteiger charge is -2.09. The average Bonchev–Trinajstić information content (AvgIpc) is 3.25. The second-order valence-electron chi connectivity index (χ2n) is 9.21. The van der Waals surface area contributed by atoms with Gasteiger partial charge in [0, 0.05) is 23.6 Å². The molecular weight excluding hydrogens is 450 g/mol. The molecule has 4 rings (SSSR count). The largest absolute Gasteiger partial charge is 0.489 e. The van der Waals surface area contributed by atoms with Crippen LogP contribution in [0.4, 0.5) is 0 Å². The van der Waals surface area contributed by atoms with E-state index in [1.165, 1.54) is 11.1 Å². The number of fused-ring (bicyclic) bond motifs is 1. The van der Waals surface area contributed by atoms with Gasteiger partial charge in [-0.25, -0.2) is 0 Å². The van der Waals surface area contributed by atoms with Crippen LogP contribution in [0.5, 0.6) is 5.75 Å². The quantitative estimate of drug-likeness (QED) is 0.252. The van der Waals surface area contributed by atoms with Gasteiger partial charge >= 0.3 is 5.97 Å². The summed E-state index contributed by atoms with van der Waals surface area (Å²) in [5, 5.41) is 9.95. The van der Waals surface area contributed by atoms with Crippen LogP contribution in [-0.4, -0.2) is 21.6 Å². The van der Waals surface area contributed by atoms with E-state index < -0.39 is 5.97 Å². The molecule has 0 fully saturated rings. The number of ether oxygens (including phenoxy) is 1. The molecule has 184 valence electrons. The fourth-order valence-electron chi connectivity index (χ4n) is 4.19. The number of para-hydroxylation sites is 1.